The molecule has 0 aliphatic carbocycles. The molecule has 3 aromatic rings. The molecule has 0 atom stereocenters. The van der Waals surface area contributed by atoms with Gasteiger partial charge in [-0.2, -0.15) is 11.3 Å². The number of carbonyl (C=O) groups is 1. The Bertz CT molecular complexity index is 828. The van der Waals surface area contributed by atoms with Crippen LogP contribution in [0.5, 0.6) is 0 Å². The predicted molar refractivity (Wildman–Crippen MR) is 103 cm³/mol. The molecule has 0 radical (unpaired) electrons. The monoisotopic (exact) mass is 370 g/mol. The molecule has 0 aliphatic heterocycles. The Morgan fingerprint density at radius 1 is 1.23 bits per heavy atom. The topological polar surface area (TPSA) is 71.3 Å². The van der Waals surface area contributed by atoms with Crippen molar-refractivity contribution in [1.82, 2.24) is 15.1 Å². The van der Waals surface area contributed by atoms with Crippen LogP contribution in [0.2, 0.25) is 0 Å². The van der Waals surface area contributed by atoms with E-state index in [4.69, 9.17) is 4.42 Å². The van der Waals surface area contributed by atoms with Crippen LogP contribution in [0.3, 0.4) is 0 Å². The number of anilines is 1. The van der Waals surface area contributed by atoms with E-state index in [1.54, 1.807) is 18.3 Å². The van der Waals surface area contributed by atoms with Gasteiger partial charge in [-0.15, -0.1) is 10.2 Å². The van der Waals surface area contributed by atoms with Crippen LogP contribution in [0.15, 0.2) is 45.5 Å². The van der Waals surface area contributed by atoms with Crippen LogP contribution >= 0.6 is 11.3 Å². The summed E-state index contributed by atoms with van der Waals surface area (Å²) in [7, 11) is 0. The van der Waals surface area contributed by atoms with E-state index in [0.717, 1.165) is 36.2 Å². The van der Waals surface area contributed by atoms with Gasteiger partial charge in [0.05, 0.1) is 0 Å². The lowest BCUT2D eigenvalue weighted by Gasteiger charge is -2.22. The lowest BCUT2D eigenvalue weighted by molar-refractivity contribution is 0.208. The molecule has 0 bridgehead atoms. The Kier molecular flexibility index (Phi) is 6.01. The third kappa shape index (κ3) is 4.70. The number of nitrogens with one attached hydrogen (secondary N) is 1. The second-order valence-electron chi connectivity index (χ2n) is 6.04. The number of carbonyl (C=O) groups excluding carboxylic acids is 1. The summed E-state index contributed by atoms with van der Waals surface area (Å²) < 4.78 is 5.41. The summed E-state index contributed by atoms with van der Waals surface area (Å²) in [6.07, 6.45) is 2.03. The van der Waals surface area contributed by atoms with Gasteiger partial charge in [-0.25, -0.2) is 4.79 Å². The minimum absolute atomic E-state index is 0.0916. The number of hydrogen-bond donors (Lipinski definition) is 1. The molecular weight excluding hydrogens is 348 g/mol. The summed E-state index contributed by atoms with van der Waals surface area (Å²) in [5.41, 5.74) is 2.72. The van der Waals surface area contributed by atoms with Gasteiger partial charge in [0.15, 0.2) is 0 Å². The van der Waals surface area contributed by atoms with E-state index in [1.807, 2.05) is 34.5 Å². The Balaban J connectivity index is 1.66. The molecule has 136 valence electrons. The van der Waals surface area contributed by atoms with Crippen molar-refractivity contribution in [2.24, 2.45) is 0 Å². The van der Waals surface area contributed by atoms with E-state index in [1.165, 1.54) is 0 Å². The van der Waals surface area contributed by atoms with Crippen molar-refractivity contribution in [3.05, 3.63) is 52.5 Å². The van der Waals surface area contributed by atoms with E-state index in [9.17, 15) is 4.79 Å². The van der Waals surface area contributed by atoms with Crippen LogP contribution in [0.25, 0.3) is 11.5 Å². The lowest BCUT2D eigenvalue weighted by atomic mass is 10.2. The summed E-state index contributed by atoms with van der Waals surface area (Å²) in [5.74, 6) is 1.000. The van der Waals surface area contributed by atoms with Crippen LogP contribution in [-0.4, -0.2) is 27.7 Å². The Labute approximate surface area is 156 Å². The van der Waals surface area contributed by atoms with Crippen LogP contribution in [0.4, 0.5) is 10.5 Å². The largest absolute Gasteiger partial charge is 0.421 e. The highest BCUT2D eigenvalue weighted by molar-refractivity contribution is 7.07. The predicted octanol–water partition coefficient (Wildman–Crippen LogP) is 4.94. The molecule has 0 aliphatic rings. The number of aryl methyl sites for hydroxylation is 1. The van der Waals surface area contributed by atoms with Crippen molar-refractivity contribution < 1.29 is 9.21 Å². The minimum Gasteiger partial charge on any atom is -0.421 e. The first-order valence-corrected chi connectivity index (χ1v) is 9.57. The second kappa shape index (κ2) is 8.62. The summed E-state index contributed by atoms with van der Waals surface area (Å²) in [4.78, 5) is 14.5. The molecule has 1 N–H and O–H groups in total. The molecule has 2 heterocycles. The summed E-state index contributed by atoms with van der Waals surface area (Å²) >= 11 is 1.64. The molecule has 0 saturated heterocycles. The normalized spacial score (nSPS) is 10.7. The van der Waals surface area contributed by atoms with Gasteiger partial charge in [0.25, 0.3) is 0 Å². The maximum Gasteiger partial charge on any atom is 0.322 e. The zero-order valence-corrected chi connectivity index (χ0v) is 15.8. The van der Waals surface area contributed by atoms with E-state index in [2.05, 4.69) is 33.9 Å². The van der Waals surface area contributed by atoms with Gasteiger partial charge in [0.1, 0.15) is 0 Å². The average Bonchev–Trinajstić information content (AvgIpc) is 3.31. The number of thiophene rings is 1. The SMILES string of the molecule is CCCCN(Cc1ccsc1)C(=O)Nc1ccc(-c2nnc(C)o2)cc1. The molecule has 26 heavy (non-hydrogen) atoms. The van der Waals surface area contributed by atoms with Crippen LogP contribution in [0, 0.1) is 6.92 Å². The van der Waals surface area contributed by atoms with Gasteiger partial charge >= 0.3 is 6.03 Å². The minimum atomic E-state index is -0.0916. The van der Waals surface area contributed by atoms with Gasteiger partial charge in [-0.3, -0.25) is 0 Å². The van der Waals surface area contributed by atoms with Crippen LogP contribution in [0.1, 0.15) is 31.2 Å². The fraction of sp³-hybridized carbons (Fsp3) is 0.316. The number of rotatable bonds is 7. The molecule has 0 unspecified atom stereocenters. The fourth-order valence-electron chi connectivity index (χ4n) is 2.52. The van der Waals surface area contributed by atoms with Crippen molar-refractivity contribution in [1.29, 1.82) is 0 Å². The summed E-state index contributed by atoms with van der Waals surface area (Å²) in [6, 6.07) is 9.37. The summed E-state index contributed by atoms with van der Waals surface area (Å²) in [5, 5.41) is 14.9. The number of unbranched alkanes of at least 4 members (excludes halogenated alkanes) is 1. The number of urea groups is 1. The van der Waals surface area contributed by atoms with Gasteiger partial charge < -0.3 is 14.6 Å². The number of aromatic nitrogens is 2. The maximum absolute atomic E-state index is 12.7. The van der Waals surface area contributed by atoms with Crippen molar-refractivity contribution in [3.8, 4) is 11.5 Å². The fourth-order valence-corrected chi connectivity index (χ4v) is 3.18. The smallest absolute Gasteiger partial charge is 0.322 e. The van der Waals surface area contributed by atoms with Crippen molar-refractivity contribution in [2.75, 3.05) is 11.9 Å². The summed E-state index contributed by atoms with van der Waals surface area (Å²) in [6.45, 7) is 5.23. The first-order valence-electron chi connectivity index (χ1n) is 8.63. The molecule has 0 saturated carbocycles. The number of hydrogen-bond acceptors (Lipinski definition) is 5. The first kappa shape index (κ1) is 18.1. The number of amides is 2. The third-order valence-corrected chi connectivity index (χ3v) is 4.66. The molecule has 7 heteroatoms. The quantitative estimate of drug-likeness (QED) is 0.639. The third-order valence-electron chi connectivity index (χ3n) is 3.93. The van der Waals surface area contributed by atoms with E-state index in [0.29, 0.717) is 18.3 Å². The van der Waals surface area contributed by atoms with Crippen LogP contribution in [-0.2, 0) is 6.54 Å². The van der Waals surface area contributed by atoms with E-state index < -0.39 is 0 Å². The van der Waals surface area contributed by atoms with Crippen molar-refractivity contribution in [3.63, 3.8) is 0 Å². The molecule has 0 fully saturated rings. The maximum atomic E-state index is 12.7. The Morgan fingerprint density at radius 2 is 2.04 bits per heavy atom. The molecule has 3 rings (SSSR count). The van der Waals surface area contributed by atoms with Gasteiger partial charge in [-0.1, -0.05) is 13.3 Å². The lowest BCUT2D eigenvalue weighted by Crippen LogP contribution is -2.35. The molecular formula is C19H22N4O2S. The van der Waals surface area contributed by atoms with Crippen molar-refractivity contribution >= 4 is 23.1 Å². The zero-order chi connectivity index (χ0) is 18.4. The molecule has 2 aromatic heterocycles. The van der Waals surface area contributed by atoms with E-state index in [-0.39, 0.29) is 6.03 Å². The molecule has 2 amide bonds. The highest BCUT2D eigenvalue weighted by atomic mass is 32.1. The number of benzene rings is 1. The first-order chi connectivity index (χ1) is 12.7. The van der Waals surface area contributed by atoms with Crippen molar-refractivity contribution in [2.45, 2.75) is 33.2 Å². The second-order valence-corrected chi connectivity index (χ2v) is 6.82. The Morgan fingerprint density at radius 3 is 2.65 bits per heavy atom. The molecule has 6 nitrogen and oxygen atoms in total. The van der Waals surface area contributed by atoms with E-state index >= 15 is 0 Å². The van der Waals surface area contributed by atoms with Crippen LogP contribution < -0.4 is 5.32 Å². The Hall–Kier alpha value is -2.67. The molecule has 0 spiro atoms. The zero-order valence-electron chi connectivity index (χ0n) is 14.9. The van der Waals surface area contributed by atoms with Gasteiger partial charge in [0.2, 0.25) is 11.8 Å². The van der Waals surface area contributed by atoms with Gasteiger partial charge in [-0.05, 0) is 53.1 Å². The standard InChI is InChI=1S/C19H22N4O2S/c1-3-4-10-23(12-15-9-11-26-13-15)19(24)20-17-7-5-16(6-8-17)18-22-21-14(2)25-18/h5-9,11,13H,3-4,10,12H2,1-2H3,(H,20,24). The molecule has 1 aromatic carbocycles. The highest BCUT2D eigenvalue weighted by Crippen LogP contribution is 2.20. The van der Waals surface area contributed by atoms with Gasteiger partial charge in [0, 0.05) is 31.3 Å². The average molecular weight is 370 g/mol. The highest BCUT2D eigenvalue weighted by Gasteiger charge is 2.14. The number of nitrogens with zero attached hydrogens (tertiary/aromatic N) is 3.